The van der Waals surface area contributed by atoms with Crippen LogP contribution in [0.4, 0.5) is 5.82 Å². The van der Waals surface area contributed by atoms with Crippen LogP contribution < -0.4 is 10.6 Å². The molecule has 1 aliphatic rings. The summed E-state index contributed by atoms with van der Waals surface area (Å²) in [6, 6.07) is 14.3. The van der Waals surface area contributed by atoms with Gasteiger partial charge in [-0.15, -0.1) is 0 Å². The number of hydrogen-bond acceptors (Lipinski definition) is 3. The van der Waals surface area contributed by atoms with E-state index in [9.17, 15) is 4.79 Å². The maximum atomic E-state index is 12.3. The Morgan fingerprint density at radius 3 is 2.96 bits per heavy atom. The lowest BCUT2D eigenvalue weighted by Gasteiger charge is -2.25. The Morgan fingerprint density at radius 2 is 2.04 bits per heavy atom. The van der Waals surface area contributed by atoms with Crippen LogP contribution >= 0.6 is 0 Å². The van der Waals surface area contributed by atoms with Crippen molar-refractivity contribution in [2.75, 3.05) is 5.32 Å². The smallest absolute Gasteiger partial charge is 0.227 e. The first-order valence-corrected chi connectivity index (χ1v) is 7.82. The summed E-state index contributed by atoms with van der Waals surface area (Å²) in [6.07, 6.45) is 3.16. The molecule has 0 aliphatic carbocycles. The minimum Gasteiger partial charge on any atom is -0.346 e. The predicted octanol–water partition coefficient (Wildman–Crippen LogP) is 2.61. The molecular weight excluding hydrogens is 288 g/mol. The summed E-state index contributed by atoms with van der Waals surface area (Å²) in [5, 5.41) is 7.35. The molecule has 0 bridgehead atoms. The number of pyridine rings is 1. The molecule has 5 nitrogen and oxygen atoms in total. The van der Waals surface area contributed by atoms with Crippen LogP contribution in [0.5, 0.6) is 0 Å². The SMILES string of the molecule is O=C(C[C@@H]1Cc2ccccc2CN1)Nc1ccc2cc[nH]c2n1. The second kappa shape index (κ2) is 5.85. The summed E-state index contributed by atoms with van der Waals surface area (Å²) in [5.41, 5.74) is 3.44. The number of hydrogen-bond donors (Lipinski definition) is 3. The summed E-state index contributed by atoms with van der Waals surface area (Å²) in [6.45, 7) is 0.820. The summed E-state index contributed by atoms with van der Waals surface area (Å²) in [5.74, 6) is 0.571. The van der Waals surface area contributed by atoms with Gasteiger partial charge in [0.25, 0.3) is 0 Å². The lowest BCUT2D eigenvalue weighted by atomic mass is 9.94. The normalized spacial score (nSPS) is 17.0. The molecule has 1 aliphatic heterocycles. The number of aromatic amines is 1. The lowest BCUT2D eigenvalue weighted by molar-refractivity contribution is -0.116. The largest absolute Gasteiger partial charge is 0.346 e. The third-order valence-corrected chi connectivity index (χ3v) is 4.27. The fourth-order valence-electron chi connectivity index (χ4n) is 3.08. The van der Waals surface area contributed by atoms with Crippen LogP contribution in [0, 0.1) is 0 Å². The van der Waals surface area contributed by atoms with Gasteiger partial charge in [0.1, 0.15) is 11.5 Å². The van der Waals surface area contributed by atoms with E-state index in [0.717, 1.165) is 24.0 Å². The first kappa shape index (κ1) is 14.0. The predicted molar refractivity (Wildman–Crippen MR) is 90.1 cm³/mol. The van der Waals surface area contributed by atoms with Crippen molar-refractivity contribution >= 4 is 22.8 Å². The number of rotatable bonds is 3. The maximum Gasteiger partial charge on any atom is 0.227 e. The highest BCUT2D eigenvalue weighted by Gasteiger charge is 2.20. The van der Waals surface area contributed by atoms with E-state index in [1.807, 2.05) is 24.4 Å². The first-order valence-electron chi connectivity index (χ1n) is 7.82. The number of carbonyl (C=O) groups is 1. The Hall–Kier alpha value is -2.66. The van der Waals surface area contributed by atoms with Gasteiger partial charge in [0.05, 0.1) is 0 Å². The molecule has 0 saturated heterocycles. The third kappa shape index (κ3) is 2.96. The Labute approximate surface area is 134 Å². The first-order chi connectivity index (χ1) is 11.3. The molecule has 4 rings (SSSR count). The van der Waals surface area contributed by atoms with Crippen molar-refractivity contribution in [2.45, 2.75) is 25.4 Å². The van der Waals surface area contributed by atoms with Gasteiger partial charge in [-0.2, -0.15) is 0 Å². The van der Waals surface area contributed by atoms with Crippen molar-refractivity contribution in [1.82, 2.24) is 15.3 Å². The van der Waals surface area contributed by atoms with Crippen molar-refractivity contribution in [2.24, 2.45) is 0 Å². The van der Waals surface area contributed by atoms with Gasteiger partial charge in [0.2, 0.25) is 5.91 Å². The summed E-state index contributed by atoms with van der Waals surface area (Å²) in [4.78, 5) is 19.7. The van der Waals surface area contributed by atoms with Gasteiger partial charge in [-0.3, -0.25) is 4.79 Å². The number of amides is 1. The number of H-pyrrole nitrogens is 1. The Bertz CT molecular complexity index is 855. The number of carbonyl (C=O) groups excluding carboxylic acids is 1. The minimum absolute atomic E-state index is 0.0136. The molecule has 5 heteroatoms. The fourth-order valence-corrected chi connectivity index (χ4v) is 3.08. The Kier molecular flexibility index (Phi) is 3.55. The van der Waals surface area contributed by atoms with Crippen LogP contribution in [0.3, 0.4) is 0 Å². The zero-order valence-corrected chi connectivity index (χ0v) is 12.7. The molecular formula is C18H18N4O. The molecule has 3 N–H and O–H groups in total. The van der Waals surface area contributed by atoms with Gasteiger partial charge >= 0.3 is 0 Å². The highest BCUT2D eigenvalue weighted by Crippen LogP contribution is 2.18. The standard InChI is InChI=1S/C18H18N4O/c23-17(21-16-6-5-12-7-8-19-18(12)22-16)10-15-9-13-3-1-2-4-14(13)11-20-15/h1-8,15,20H,9-11H2,(H2,19,21,22,23)/t15-/m0/s1. The molecule has 1 amide bonds. The van der Waals surface area contributed by atoms with Crippen LogP contribution in [-0.2, 0) is 17.8 Å². The molecule has 1 atom stereocenters. The van der Waals surface area contributed by atoms with E-state index >= 15 is 0 Å². The number of fused-ring (bicyclic) bond motifs is 2. The van der Waals surface area contributed by atoms with Crippen LogP contribution in [-0.4, -0.2) is 21.9 Å². The molecule has 3 aromatic rings. The quantitative estimate of drug-likeness (QED) is 0.696. The highest BCUT2D eigenvalue weighted by molar-refractivity contribution is 5.91. The average Bonchev–Trinajstić information content (AvgIpc) is 3.02. The van der Waals surface area contributed by atoms with Crippen molar-refractivity contribution in [3.05, 3.63) is 59.8 Å². The Balaban J connectivity index is 1.40. The molecule has 0 radical (unpaired) electrons. The molecule has 2 aromatic heterocycles. The van der Waals surface area contributed by atoms with Gasteiger partial charge in [-0.05, 0) is 35.7 Å². The molecule has 0 saturated carbocycles. The van der Waals surface area contributed by atoms with Gasteiger partial charge in [0.15, 0.2) is 0 Å². The van der Waals surface area contributed by atoms with Crippen molar-refractivity contribution in [1.29, 1.82) is 0 Å². The third-order valence-electron chi connectivity index (χ3n) is 4.27. The minimum atomic E-state index is -0.0136. The highest BCUT2D eigenvalue weighted by atomic mass is 16.1. The van der Waals surface area contributed by atoms with E-state index < -0.39 is 0 Å². The zero-order chi connectivity index (χ0) is 15.6. The van der Waals surface area contributed by atoms with Crippen molar-refractivity contribution in [3.63, 3.8) is 0 Å². The topological polar surface area (TPSA) is 69.8 Å². The van der Waals surface area contributed by atoms with Gasteiger partial charge < -0.3 is 15.6 Å². The second-order valence-electron chi connectivity index (χ2n) is 5.91. The second-order valence-corrected chi connectivity index (χ2v) is 5.91. The van der Waals surface area contributed by atoms with Crippen LogP contribution in [0.15, 0.2) is 48.7 Å². The van der Waals surface area contributed by atoms with Crippen molar-refractivity contribution < 1.29 is 4.79 Å². The molecule has 0 unspecified atom stereocenters. The van der Waals surface area contributed by atoms with Crippen LogP contribution in [0.2, 0.25) is 0 Å². The van der Waals surface area contributed by atoms with E-state index in [4.69, 9.17) is 0 Å². The van der Waals surface area contributed by atoms with Crippen LogP contribution in [0.1, 0.15) is 17.5 Å². The zero-order valence-electron chi connectivity index (χ0n) is 12.7. The van der Waals surface area contributed by atoms with E-state index in [0.29, 0.717) is 12.2 Å². The number of aromatic nitrogens is 2. The molecule has 3 heterocycles. The summed E-state index contributed by atoms with van der Waals surface area (Å²) in [7, 11) is 0. The molecule has 1 aromatic carbocycles. The van der Waals surface area contributed by atoms with E-state index in [-0.39, 0.29) is 11.9 Å². The van der Waals surface area contributed by atoms with Gasteiger partial charge in [-0.25, -0.2) is 4.98 Å². The number of benzene rings is 1. The van der Waals surface area contributed by atoms with Crippen molar-refractivity contribution in [3.8, 4) is 0 Å². The van der Waals surface area contributed by atoms with Gasteiger partial charge in [0, 0.05) is 30.6 Å². The van der Waals surface area contributed by atoms with E-state index in [1.165, 1.54) is 11.1 Å². The average molecular weight is 306 g/mol. The molecule has 116 valence electrons. The summed E-state index contributed by atoms with van der Waals surface area (Å²) < 4.78 is 0. The molecule has 0 fully saturated rings. The molecule has 0 spiro atoms. The van der Waals surface area contributed by atoms with E-state index in [2.05, 4.69) is 44.9 Å². The van der Waals surface area contributed by atoms with Gasteiger partial charge in [-0.1, -0.05) is 24.3 Å². The molecule has 23 heavy (non-hydrogen) atoms. The number of nitrogens with zero attached hydrogens (tertiary/aromatic N) is 1. The Morgan fingerprint density at radius 1 is 1.17 bits per heavy atom. The number of anilines is 1. The number of nitrogens with one attached hydrogen (secondary N) is 3. The fraction of sp³-hybridized carbons (Fsp3) is 0.222. The summed E-state index contributed by atoms with van der Waals surface area (Å²) >= 11 is 0. The van der Waals surface area contributed by atoms with Crippen LogP contribution in [0.25, 0.3) is 11.0 Å². The maximum absolute atomic E-state index is 12.3. The monoisotopic (exact) mass is 306 g/mol. The van der Waals surface area contributed by atoms with E-state index in [1.54, 1.807) is 0 Å². The lowest BCUT2D eigenvalue weighted by Crippen LogP contribution is -2.38.